The van der Waals surface area contributed by atoms with Gasteiger partial charge in [-0.2, -0.15) is 13.2 Å². The lowest BCUT2D eigenvalue weighted by atomic mass is 10.1. The number of para-hydroxylation sites is 1. The number of aliphatic carboxylic acids is 1. The monoisotopic (exact) mass is 438 g/mol. The van der Waals surface area contributed by atoms with E-state index in [1.54, 1.807) is 18.0 Å². The van der Waals surface area contributed by atoms with E-state index in [-0.39, 0.29) is 6.42 Å². The number of nitrogens with zero attached hydrogens (tertiary/aromatic N) is 2. The third-order valence-electron chi connectivity index (χ3n) is 5.42. The van der Waals surface area contributed by atoms with Gasteiger partial charge >= 0.3 is 12.1 Å². The van der Waals surface area contributed by atoms with Crippen LogP contribution in [-0.2, 0) is 23.9 Å². The highest BCUT2D eigenvalue weighted by Gasteiger charge is 2.30. The number of aromatic nitrogens is 1. The van der Waals surface area contributed by atoms with Crippen LogP contribution in [0.15, 0.2) is 79.0 Å². The van der Waals surface area contributed by atoms with E-state index in [1.807, 2.05) is 59.3 Å². The summed E-state index contributed by atoms with van der Waals surface area (Å²) in [5, 5.41) is 10.1. The Morgan fingerprint density at radius 2 is 1.66 bits per heavy atom. The quantitative estimate of drug-likeness (QED) is 0.395. The fraction of sp³-hybridized carbons (Fsp3) is 0.160. The van der Waals surface area contributed by atoms with Gasteiger partial charge in [0.25, 0.3) is 0 Å². The molecule has 0 aliphatic heterocycles. The summed E-state index contributed by atoms with van der Waals surface area (Å²) >= 11 is 0. The molecule has 4 rings (SSSR count). The van der Waals surface area contributed by atoms with Gasteiger partial charge in [0.1, 0.15) is 0 Å². The summed E-state index contributed by atoms with van der Waals surface area (Å²) in [6.07, 6.45) is -2.62. The second-order valence-corrected chi connectivity index (χ2v) is 7.65. The molecule has 164 valence electrons. The molecule has 0 aliphatic carbocycles. The maximum Gasteiger partial charge on any atom is 0.416 e. The van der Waals surface area contributed by atoms with Crippen LogP contribution in [0.3, 0.4) is 0 Å². The minimum atomic E-state index is -4.40. The van der Waals surface area contributed by atoms with Crippen molar-refractivity contribution in [2.45, 2.75) is 19.1 Å². The lowest BCUT2D eigenvalue weighted by Gasteiger charge is -2.21. The van der Waals surface area contributed by atoms with Crippen LogP contribution in [0, 0.1) is 0 Å². The second-order valence-electron chi connectivity index (χ2n) is 7.65. The minimum Gasteiger partial charge on any atom is -0.481 e. The fourth-order valence-corrected chi connectivity index (χ4v) is 3.86. The van der Waals surface area contributed by atoms with Crippen LogP contribution >= 0.6 is 0 Å². The molecule has 0 aliphatic rings. The molecule has 0 bridgehead atoms. The molecule has 7 heteroatoms. The molecule has 0 radical (unpaired) electrons. The molecule has 3 aromatic carbocycles. The molecule has 0 atom stereocenters. The Morgan fingerprint density at radius 3 is 2.38 bits per heavy atom. The molecule has 0 unspecified atom stereocenters. The van der Waals surface area contributed by atoms with Crippen molar-refractivity contribution in [1.29, 1.82) is 0 Å². The summed E-state index contributed by atoms with van der Waals surface area (Å²) in [5.41, 5.74) is 3.12. The molecule has 0 saturated carbocycles. The van der Waals surface area contributed by atoms with Crippen molar-refractivity contribution in [2.75, 3.05) is 11.9 Å². The van der Waals surface area contributed by atoms with Gasteiger partial charge in [-0.05, 0) is 47.5 Å². The van der Waals surface area contributed by atoms with Gasteiger partial charge in [-0.1, -0.05) is 36.4 Å². The number of hydrogen-bond donors (Lipinski definition) is 1. The van der Waals surface area contributed by atoms with Gasteiger partial charge < -0.3 is 14.6 Å². The Labute approximate surface area is 183 Å². The van der Waals surface area contributed by atoms with Gasteiger partial charge in [0, 0.05) is 42.1 Å². The predicted octanol–water partition coefficient (Wildman–Crippen LogP) is 6.10. The standard InChI is InChI=1S/C25H21F3N2O2/c1-29(21-9-5-7-19(14-21)25(26,27)28)20-8-4-6-17(12-20)15-30-16-18(13-24(31)32)22-10-2-3-11-23(22)30/h2-12,14,16H,13,15H2,1H3,(H,31,32). The molecule has 0 saturated heterocycles. The van der Waals surface area contributed by atoms with Crippen LogP contribution in [0.1, 0.15) is 16.7 Å². The van der Waals surface area contributed by atoms with Crippen LogP contribution in [0.25, 0.3) is 10.9 Å². The number of rotatable bonds is 6. The highest BCUT2D eigenvalue weighted by molar-refractivity contribution is 5.87. The van der Waals surface area contributed by atoms with Crippen LogP contribution in [0.5, 0.6) is 0 Å². The number of carboxylic acids is 1. The predicted molar refractivity (Wildman–Crippen MR) is 118 cm³/mol. The molecule has 1 heterocycles. The lowest BCUT2D eigenvalue weighted by molar-refractivity contribution is -0.138. The molecule has 1 aromatic heterocycles. The normalized spacial score (nSPS) is 11.6. The number of hydrogen-bond acceptors (Lipinski definition) is 2. The van der Waals surface area contributed by atoms with Gasteiger partial charge in [0.05, 0.1) is 12.0 Å². The van der Waals surface area contributed by atoms with Gasteiger partial charge in [-0.15, -0.1) is 0 Å². The highest BCUT2D eigenvalue weighted by Crippen LogP contribution is 2.33. The van der Waals surface area contributed by atoms with Gasteiger partial charge in [-0.25, -0.2) is 0 Å². The smallest absolute Gasteiger partial charge is 0.416 e. The summed E-state index contributed by atoms with van der Waals surface area (Å²) in [6.45, 7) is 0.504. The third kappa shape index (κ3) is 4.46. The molecule has 0 fully saturated rings. The van der Waals surface area contributed by atoms with E-state index in [1.165, 1.54) is 6.07 Å². The van der Waals surface area contributed by atoms with Gasteiger partial charge in [-0.3, -0.25) is 4.79 Å². The molecule has 1 N–H and O–H groups in total. The zero-order valence-corrected chi connectivity index (χ0v) is 17.3. The second kappa shape index (κ2) is 8.42. The van der Waals surface area contributed by atoms with Crippen molar-refractivity contribution in [3.63, 3.8) is 0 Å². The van der Waals surface area contributed by atoms with E-state index in [0.29, 0.717) is 12.2 Å². The van der Waals surface area contributed by atoms with E-state index in [9.17, 15) is 23.1 Å². The molecule has 32 heavy (non-hydrogen) atoms. The van der Waals surface area contributed by atoms with E-state index in [0.717, 1.165) is 39.8 Å². The van der Waals surface area contributed by atoms with Crippen molar-refractivity contribution in [3.05, 3.63) is 95.7 Å². The van der Waals surface area contributed by atoms with Gasteiger partial charge in [0.2, 0.25) is 0 Å². The van der Waals surface area contributed by atoms with Crippen molar-refractivity contribution in [2.24, 2.45) is 0 Å². The van der Waals surface area contributed by atoms with Crippen molar-refractivity contribution in [1.82, 2.24) is 4.57 Å². The van der Waals surface area contributed by atoms with E-state index in [4.69, 9.17) is 0 Å². The van der Waals surface area contributed by atoms with Crippen molar-refractivity contribution >= 4 is 28.2 Å². The largest absolute Gasteiger partial charge is 0.481 e. The third-order valence-corrected chi connectivity index (χ3v) is 5.42. The van der Waals surface area contributed by atoms with Crippen LogP contribution in [0.4, 0.5) is 24.5 Å². The van der Waals surface area contributed by atoms with Gasteiger partial charge in [0.15, 0.2) is 0 Å². The van der Waals surface area contributed by atoms with E-state index in [2.05, 4.69) is 0 Å². The Kier molecular flexibility index (Phi) is 5.65. The SMILES string of the molecule is CN(c1cccc(Cn2cc(CC(=O)O)c3ccccc32)c1)c1cccc(C(F)(F)F)c1. The summed E-state index contributed by atoms with van der Waals surface area (Å²) in [5.74, 6) is -0.891. The molecular weight excluding hydrogens is 417 g/mol. The Bertz CT molecular complexity index is 1280. The van der Waals surface area contributed by atoms with E-state index >= 15 is 0 Å². The molecular formula is C25H21F3N2O2. The Balaban J connectivity index is 1.64. The first-order valence-corrected chi connectivity index (χ1v) is 10.0. The number of fused-ring (bicyclic) bond motifs is 1. The maximum atomic E-state index is 13.1. The first-order valence-electron chi connectivity index (χ1n) is 10.0. The molecule has 4 aromatic rings. The summed E-state index contributed by atoms with van der Waals surface area (Å²) in [4.78, 5) is 12.9. The average Bonchev–Trinajstić information content (AvgIpc) is 3.09. The zero-order valence-electron chi connectivity index (χ0n) is 17.3. The molecule has 0 spiro atoms. The summed E-state index contributed by atoms with van der Waals surface area (Å²) in [6, 6.07) is 20.4. The summed E-state index contributed by atoms with van der Waals surface area (Å²) < 4.78 is 41.3. The van der Waals surface area contributed by atoms with Crippen LogP contribution in [0.2, 0.25) is 0 Å². The zero-order chi connectivity index (χ0) is 22.9. The van der Waals surface area contributed by atoms with Crippen molar-refractivity contribution < 1.29 is 23.1 Å². The number of halogens is 3. The van der Waals surface area contributed by atoms with Crippen molar-refractivity contribution in [3.8, 4) is 0 Å². The lowest BCUT2D eigenvalue weighted by Crippen LogP contribution is -2.12. The minimum absolute atomic E-state index is 0.0637. The number of alkyl halides is 3. The number of carbonyl (C=O) groups is 1. The fourth-order valence-electron chi connectivity index (χ4n) is 3.86. The molecule has 4 nitrogen and oxygen atoms in total. The average molecular weight is 438 g/mol. The summed E-state index contributed by atoms with van der Waals surface area (Å²) in [7, 11) is 1.73. The Morgan fingerprint density at radius 1 is 0.969 bits per heavy atom. The Hall–Kier alpha value is -3.74. The van der Waals surface area contributed by atoms with E-state index < -0.39 is 17.7 Å². The number of carboxylic acid groups (broad SMARTS) is 1. The first kappa shape index (κ1) is 21.5. The maximum absolute atomic E-state index is 13.1. The topological polar surface area (TPSA) is 45.5 Å². The highest BCUT2D eigenvalue weighted by atomic mass is 19.4. The number of anilines is 2. The van der Waals surface area contributed by atoms with Crippen LogP contribution < -0.4 is 4.90 Å². The number of benzene rings is 3. The molecule has 0 amide bonds. The first-order chi connectivity index (χ1) is 15.2. The van der Waals surface area contributed by atoms with Crippen LogP contribution in [-0.4, -0.2) is 22.7 Å².